The zero-order valence-corrected chi connectivity index (χ0v) is 8.08. The van der Waals surface area contributed by atoms with Crippen LogP contribution in [0.25, 0.3) is 0 Å². The minimum atomic E-state index is -0.202. The van der Waals surface area contributed by atoms with Crippen molar-refractivity contribution in [3.8, 4) is 5.75 Å². The minimum Gasteiger partial charge on any atom is -0.507 e. The smallest absolute Gasteiger partial charge is 0.168 e. The Balaban J connectivity index is 2.83. The summed E-state index contributed by atoms with van der Waals surface area (Å²) in [4.78, 5) is 11.4. The van der Waals surface area contributed by atoms with Crippen molar-refractivity contribution in [3.63, 3.8) is 0 Å². The third-order valence-electron chi connectivity index (χ3n) is 1.67. The van der Waals surface area contributed by atoms with Gasteiger partial charge in [0.15, 0.2) is 5.78 Å². The van der Waals surface area contributed by atoms with Gasteiger partial charge in [0.1, 0.15) is 5.75 Å². The molecule has 3 heteroatoms. The summed E-state index contributed by atoms with van der Waals surface area (Å²) in [6, 6.07) is 6.48. The molecule has 0 heterocycles. The quantitative estimate of drug-likeness (QED) is 0.599. The highest BCUT2D eigenvalue weighted by Crippen LogP contribution is 2.18. The number of phenolic OH excluding ortho intramolecular Hbond substituents is 1. The first-order valence-electron chi connectivity index (χ1n) is 4.06. The van der Waals surface area contributed by atoms with Crippen molar-refractivity contribution in [2.45, 2.75) is 18.7 Å². The van der Waals surface area contributed by atoms with Gasteiger partial charge in [0, 0.05) is 11.8 Å². The van der Waals surface area contributed by atoms with Gasteiger partial charge >= 0.3 is 0 Å². The monoisotopic (exact) mass is 198 g/mol. The molecule has 0 aliphatic heterocycles. The Morgan fingerprint density at radius 1 is 1.54 bits per heavy atom. The molecule has 1 aromatic carbocycles. The fourth-order valence-electron chi connectivity index (χ4n) is 1.07. The number of alkyl halides is 1. The number of ketones is 1. The zero-order valence-electron chi connectivity index (χ0n) is 7.33. The second-order valence-electron chi connectivity index (χ2n) is 2.93. The molecule has 0 amide bonds. The molecule has 13 heavy (non-hydrogen) atoms. The molecule has 0 radical (unpaired) electrons. The first-order valence-corrected chi connectivity index (χ1v) is 4.50. The Hall–Kier alpha value is -1.02. The van der Waals surface area contributed by atoms with Crippen LogP contribution in [-0.4, -0.2) is 16.3 Å². The predicted octanol–water partition coefficient (Wildman–Crippen LogP) is 2.59. The average Bonchev–Trinajstić information content (AvgIpc) is 2.03. The molecule has 1 unspecified atom stereocenters. The molecule has 1 aromatic rings. The van der Waals surface area contributed by atoms with Crippen LogP contribution >= 0.6 is 11.6 Å². The van der Waals surface area contributed by atoms with Gasteiger partial charge in [0.25, 0.3) is 0 Å². The van der Waals surface area contributed by atoms with Gasteiger partial charge in [-0.3, -0.25) is 4.79 Å². The fourth-order valence-corrected chi connectivity index (χ4v) is 1.22. The van der Waals surface area contributed by atoms with Gasteiger partial charge in [-0.1, -0.05) is 12.1 Å². The standard InChI is InChI=1S/C10H11ClO2/c1-7(11)6-10(13)8-4-2-3-5-9(8)12/h2-5,7,12H,6H2,1H3. The Bertz CT molecular complexity index is 308. The van der Waals surface area contributed by atoms with E-state index in [0.717, 1.165) is 0 Å². The Morgan fingerprint density at radius 2 is 2.15 bits per heavy atom. The third kappa shape index (κ3) is 2.74. The molecule has 70 valence electrons. The molecule has 1 rings (SSSR count). The van der Waals surface area contributed by atoms with Crippen molar-refractivity contribution in [1.82, 2.24) is 0 Å². The summed E-state index contributed by atoms with van der Waals surface area (Å²) >= 11 is 5.67. The maximum Gasteiger partial charge on any atom is 0.168 e. The topological polar surface area (TPSA) is 37.3 Å². The molecule has 0 saturated heterocycles. The number of hydrogen-bond acceptors (Lipinski definition) is 2. The number of hydrogen-bond donors (Lipinski definition) is 1. The van der Waals surface area contributed by atoms with Crippen molar-refractivity contribution in [3.05, 3.63) is 29.8 Å². The summed E-state index contributed by atoms with van der Waals surface area (Å²) in [5, 5.41) is 9.13. The van der Waals surface area contributed by atoms with E-state index in [9.17, 15) is 9.90 Å². The second kappa shape index (κ2) is 4.28. The zero-order chi connectivity index (χ0) is 9.84. The Kier molecular flexibility index (Phi) is 3.32. The lowest BCUT2D eigenvalue weighted by Crippen LogP contribution is -2.05. The van der Waals surface area contributed by atoms with Crippen LogP contribution in [0.15, 0.2) is 24.3 Å². The second-order valence-corrected chi connectivity index (χ2v) is 3.67. The van der Waals surface area contributed by atoms with E-state index in [1.54, 1.807) is 25.1 Å². The van der Waals surface area contributed by atoms with Gasteiger partial charge < -0.3 is 5.11 Å². The molecule has 1 atom stereocenters. The first kappa shape index (κ1) is 10.1. The molecule has 2 nitrogen and oxygen atoms in total. The first-order chi connectivity index (χ1) is 6.11. The molecule has 0 fully saturated rings. The molecule has 0 aliphatic carbocycles. The number of carbonyl (C=O) groups excluding carboxylic acids is 1. The largest absolute Gasteiger partial charge is 0.507 e. The van der Waals surface area contributed by atoms with Crippen LogP contribution in [0.4, 0.5) is 0 Å². The lowest BCUT2D eigenvalue weighted by atomic mass is 10.1. The van der Waals surface area contributed by atoms with E-state index >= 15 is 0 Å². The van der Waals surface area contributed by atoms with Crippen LogP contribution < -0.4 is 0 Å². The minimum absolute atomic E-state index is 0.0183. The number of Topliss-reactive ketones (excluding diaryl/α,β-unsaturated/α-hetero) is 1. The van der Waals surface area contributed by atoms with Crippen molar-refractivity contribution in [2.24, 2.45) is 0 Å². The summed E-state index contributed by atoms with van der Waals surface area (Å²) in [5.41, 5.74) is 0.343. The summed E-state index contributed by atoms with van der Waals surface area (Å²) in [6.07, 6.45) is 0.249. The molecule has 1 N–H and O–H groups in total. The third-order valence-corrected chi connectivity index (χ3v) is 1.83. The van der Waals surface area contributed by atoms with Crippen molar-refractivity contribution >= 4 is 17.4 Å². The number of aromatic hydroxyl groups is 1. The van der Waals surface area contributed by atoms with Gasteiger partial charge in [-0.05, 0) is 19.1 Å². The van der Waals surface area contributed by atoms with E-state index in [4.69, 9.17) is 11.6 Å². The van der Waals surface area contributed by atoms with E-state index in [-0.39, 0.29) is 23.3 Å². The number of halogens is 1. The molecule has 0 spiro atoms. The summed E-state index contributed by atoms with van der Waals surface area (Å²) in [5.74, 6) is -0.106. The van der Waals surface area contributed by atoms with Crippen LogP contribution in [0.3, 0.4) is 0 Å². The van der Waals surface area contributed by atoms with Crippen LogP contribution in [0.5, 0.6) is 5.75 Å². The van der Waals surface area contributed by atoms with Crippen molar-refractivity contribution < 1.29 is 9.90 Å². The predicted molar refractivity (Wildman–Crippen MR) is 52.4 cm³/mol. The van der Waals surface area contributed by atoms with E-state index in [2.05, 4.69) is 0 Å². The van der Waals surface area contributed by atoms with E-state index < -0.39 is 0 Å². The van der Waals surface area contributed by atoms with Gasteiger partial charge in [0.2, 0.25) is 0 Å². The van der Waals surface area contributed by atoms with Gasteiger partial charge in [-0.15, -0.1) is 11.6 Å². The summed E-state index contributed by atoms with van der Waals surface area (Å²) in [7, 11) is 0. The maximum absolute atomic E-state index is 11.4. The molecule has 0 aromatic heterocycles. The van der Waals surface area contributed by atoms with E-state index in [0.29, 0.717) is 5.56 Å². The van der Waals surface area contributed by atoms with Crippen LogP contribution in [0, 0.1) is 0 Å². The molecular weight excluding hydrogens is 188 g/mol. The highest BCUT2D eigenvalue weighted by molar-refractivity contribution is 6.22. The number of carbonyl (C=O) groups is 1. The number of para-hydroxylation sites is 1. The van der Waals surface area contributed by atoms with Crippen molar-refractivity contribution in [1.29, 1.82) is 0 Å². The number of benzene rings is 1. The average molecular weight is 199 g/mol. The van der Waals surface area contributed by atoms with E-state index in [1.165, 1.54) is 6.07 Å². The molecular formula is C10H11ClO2. The van der Waals surface area contributed by atoms with Crippen LogP contribution in [0.2, 0.25) is 0 Å². The highest BCUT2D eigenvalue weighted by Gasteiger charge is 2.12. The normalized spacial score (nSPS) is 12.5. The molecule has 0 saturated carbocycles. The Morgan fingerprint density at radius 3 is 2.69 bits per heavy atom. The van der Waals surface area contributed by atoms with Crippen LogP contribution in [-0.2, 0) is 0 Å². The van der Waals surface area contributed by atoms with Gasteiger partial charge in [-0.2, -0.15) is 0 Å². The molecule has 0 bridgehead atoms. The highest BCUT2D eigenvalue weighted by atomic mass is 35.5. The number of phenols is 1. The fraction of sp³-hybridized carbons (Fsp3) is 0.300. The van der Waals surface area contributed by atoms with Crippen molar-refractivity contribution in [2.75, 3.05) is 0 Å². The number of rotatable bonds is 3. The maximum atomic E-state index is 11.4. The van der Waals surface area contributed by atoms with Gasteiger partial charge in [0.05, 0.1) is 5.56 Å². The molecule has 0 aliphatic rings. The Labute approximate surface area is 82.2 Å². The summed E-state index contributed by atoms with van der Waals surface area (Å²) in [6.45, 7) is 1.75. The lowest BCUT2D eigenvalue weighted by Gasteiger charge is -2.03. The van der Waals surface area contributed by atoms with E-state index in [1.807, 2.05) is 0 Å². The lowest BCUT2D eigenvalue weighted by molar-refractivity contribution is 0.0980. The van der Waals surface area contributed by atoms with Crippen LogP contribution in [0.1, 0.15) is 23.7 Å². The summed E-state index contributed by atoms with van der Waals surface area (Å²) < 4.78 is 0. The van der Waals surface area contributed by atoms with Gasteiger partial charge in [-0.25, -0.2) is 0 Å². The SMILES string of the molecule is CC(Cl)CC(=O)c1ccccc1O.